The van der Waals surface area contributed by atoms with Gasteiger partial charge in [0.05, 0.1) is 0 Å². The Morgan fingerprint density at radius 1 is 1.30 bits per heavy atom. The van der Waals surface area contributed by atoms with Crippen molar-refractivity contribution in [2.75, 3.05) is 7.05 Å². The Kier molecular flexibility index (Phi) is 2.40. The molecule has 1 nitrogen and oxygen atoms in total. The molecule has 1 aromatic rings. The van der Waals surface area contributed by atoms with Crippen LogP contribution in [0.25, 0.3) is 0 Å². The molecular formula is C8H10FN. The van der Waals surface area contributed by atoms with Crippen LogP contribution in [0.2, 0.25) is 0 Å². The molecule has 10 heavy (non-hydrogen) atoms. The quantitative estimate of drug-likeness (QED) is 0.653. The Hall–Kier alpha value is -0.890. The molecular weight excluding hydrogens is 128 g/mol. The SMILES string of the molecule is CNCc1ccc([18F])cc1. The highest BCUT2D eigenvalue weighted by atomic mass is 18.2. The van der Waals surface area contributed by atoms with E-state index in [-0.39, 0.29) is 5.82 Å². The third-order valence-electron chi connectivity index (χ3n) is 1.29. The number of nitrogens with one attached hydrogen (secondary N) is 1. The largest absolute Gasteiger partial charge is 0.316 e. The number of halogens is 1. The van der Waals surface area contributed by atoms with Crippen molar-refractivity contribution in [1.82, 2.24) is 5.32 Å². The van der Waals surface area contributed by atoms with Crippen molar-refractivity contribution >= 4 is 0 Å². The lowest BCUT2D eigenvalue weighted by Crippen LogP contribution is -2.04. The molecule has 0 bridgehead atoms. The Balaban J connectivity index is 2.69. The van der Waals surface area contributed by atoms with E-state index >= 15 is 0 Å². The van der Waals surface area contributed by atoms with Gasteiger partial charge in [-0.25, -0.2) is 4.39 Å². The van der Waals surface area contributed by atoms with E-state index in [1.54, 1.807) is 12.1 Å². The van der Waals surface area contributed by atoms with Crippen LogP contribution < -0.4 is 5.32 Å². The summed E-state index contributed by atoms with van der Waals surface area (Å²) in [7, 11) is 1.86. The van der Waals surface area contributed by atoms with Gasteiger partial charge in [0.1, 0.15) is 5.82 Å². The molecule has 0 heterocycles. The fraction of sp³-hybridized carbons (Fsp3) is 0.250. The summed E-state index contributed by atoms with van der Waals surface area (Å²) in [5, 5.41) is 2.98. The second kappa shape index (κ2) is 3.32. The van der Waals surface area contributed by atoms with E-state index in [4.69, 9.17) is 0 Å². The number of benzene rings is 1. The van der Waals surface area contributed by atoms with Crippen molar-refractivity contribution < 1.29 is 4.39 Å². The van der Waals surface area contributed by atoms with Gasteiger partial charge in [0.25, 0.3) is 0 Å². The zero-order valence-electron chi connectivity index (χ0n) is 5.89. The lowest BCUT2D eigenvalue weighted by Gasteiger charge is -1.97. The minimum absolute atomic E-state index is 0.181. The summed E-state index contributed by atoms with van der Waals surface area (Å²) in [6.45, 7) is 0.792. The number of hydrogen-bond donors (Lipinski definition) is 1. The van der Waals surface area contributed by atoms with Crippen LogP contribution in [-0.4, -0.2) is 7.05 Å². The molecule has 2 heteroatoms. The van der Waals surface area contributed by atoms with E-state index in [0.717, 1.165) is 12.1 Å². The summed E-state index contributed by atoms with van der Waals surface area (Å²) in [6.07, 6.45) is 0. The molecule has 0 saturated carbocycles. The van der Waals surface area contributed by atoms with Crippen LogP contribution in [0.4, 0.5) is 4.39 Å². The van der Waals surface area contributed by atoms with E-state index in [1.165, 1.54) is 12.1 Å². The highest BCUT2D eigenvalue weighted by Gasteiger charge is 1.89. The molecule has 1 rings (SSSR count). The lowest BCUT2D eigenvalue weighted by atomic mass is 10.2. The minimum Gasteiger partial charge on any atom is -0.316 e. The van der Waals surface area contributed by atoms with E-state index in [0.29, 0.717) is 0 Å². The van der Waals surface area contributed by atoms with Crippen molar-refractivity contribution in [2.24, 2.45) is 0 Å². The second-order valence-corrected chi connectivity index (χ2v) is 2.16. The van der Waals surface area contributed by atoms with Gasteiger partial charge in [-0.2, -0.15) is 0 Å². The van der Waals surface area contributed by atoms with Gasteiger partial charge in [-0.15, -0.1) is 0 Å². The topological polar surface area (TPSA) is 12.0 Å². The third kappa shape index (κ3) is 1.81. The van der Waals surface area contributed by atoms with Crippen LogP contribution in [-0.2, 0) is 6.54 Å². The highest BCUT2D eigenvalue weighted by Crippen LogP contribution is 2.01. The lowest BCUT2D eigenvalue weighted by molar-refractivity contribution is 0.626. The molecule has 1 N–H and O–H groups in total. The Morgan fingerprint density at radius 2 is 1.90 bits per heavy atom. The van der Waals surface area contributed by atoms with Gasteiger partial charge < -0.3 is 5.32 Å². The number of hydrogen-bond acceptors (Lipinski definition) is 1. The molecule has 0 saturated heterocycles. The summed E-state index contributed by atoms with van der Waals surface area (Å²) >= 11 is 0. The van der Waals surface area contributed by atoms with Gasteiger partial charge in [-0.3, -0.25) is 0 Å². The van der Waals surface area contributed by atoms with Crippen LogP contribution in [0, 0.1) is 5.82 Å². The molecule has 54 valence electrons. The first-order chi connectivity index (χ1) is 4.83. The molecule has 1 aromatic carbocycles. The second-order valence-electron chi connectivity index (χ2n) is 2.16. The van der Waals surface area contributed by atoms with Crippen LogP contribution >= 0.6 is 0 Å². The standard InChI is InChI=1S/C8H10FN/c1-10-6-7-2-4-8(9)5-3-7/h2-5,10H,6H2,1H3/i9-1. The molecule has 0 aromatic heterocycles. The van der Waals surface area contributed by atoms with E-state index in [9.17, 15) is 4.39 Å². The maximum Gasteiger partial charge on any atom is 0.123 e. The summed E-state index contributed by atoms with van der Waals surface area (Å²) in [6, 6.07) is 6.47. The summed E-state index contributed by atoms with van der Waals surface area (Å²) in [4.78, 5) is 0. The molecule has 0 aliphatic rings. The maximum atomic E-state index is 12.3. The Labute approximate surface area is 59.9 Å². The summed E-state index contributed by atoms with van der Waals surface area (Å²) < 4.78 is 12.3. The van der Waals surface area contributed by atoms with E-state index in [1.807, 2.05) is 7.05 Å². The monoisotopic (exact) mass is 138 g/mol. The third-order valence-corrected chi connectivity index (χ3v) is 1.29. The molecule has 0 radical (unpaired) electrons. The van der Waals surface area contributed by atoms with Crippen molar-refractivity contribution in [1.29, 1.82) is 0 Å². The molecule has 0 fully saturated rings. The highest BCUT2D eigenvalue weighted by molar-refractivity contribution is 5.15. The normalized spacial score (nSPS) is 9.80. The zero-order valence-corrected chi connectivity index (χ0v) is 5.89. The smallest absolute Gasteiger partial charge is 0.123 e. The summed E-state index contributed by atoms with van der Waals surface area (Å²) in [5.74, 6) is -0.181. The molecule has 0 atom stereocenters. The Morgan fingerprint density at radius 3 is 2.40 bits per heavy atom. The molecule has 0 amide bonds. The first-order valence-corrected chi connectivity index (χ1v) is 3.22. The van der Waals surface area contributed by atoms with Gasteiger partial charge in [0.15, 0.2) is 0 Å². The van der Waals surface area contributed by atoms with Crippen LogP contribution in [0.5, 0.6) is 0 Å². The van der Waals surface area contributed by atoms with Gasteiger partial charge >= 0.3 is 0 Å². The van der Waals surface area contributed by atoms with Crippen molar-refractivity contribution in [3.63, 3.8) is 0 Å². The van der Waals surface area contributed by atoms with Crippen molar-refractivity contribution in [3.05, 3.63) is 35.6 Å². The minimum atomic E-state index is -0.181. The molecule has 0 spiro atoms. The fourth-order valence-corrected chi connectivity index (χ4v) is 0.806. The fourth-order valence-electron chi connectivity index (χ4n) is 0.806. The van der Waals surface area contributed by atoms with Crippen LogP contribution in [0.1, 0.15) is 5.56 Å². The molecule has 0 aliphatic heterocycles. The van der Waals surface area contributed by atoms with E-state index in [2.05, 4.69) is 5.32 Å². The van der Waals surface area contributed by atoms with Gasteiger partial charge in [-0.1, -0.05) is 12.1 Å². The average molecular weight is 138 g/mol. The van der Waals surface area contributed by atoms with Crippen molar-refractivity contribution in [3.8, 4) is 0 Å². The van der Waals surface area contributed by atoms with Gasteiger partial charge in [0, 0.05) is 6.54 Å². The predicted octanol–water partition coefficient (Wildman–Crippen LogP) is 1.55. The van der Waals surface area contributed by atoms with E-state index < -0.39 is 0 Å². The maximum absolute atomic E-state index is 12.3. The number of rotatable bonds is 2. The molecule has 0 unspecified atom stereocenters. The zero-order chi connectivity index (χ0) is 7.40. The average Bonchev–Trinajstić information content (AvgIpc) is 1.95. The van der Waals surface area contributed by atoms with Crippen LogP contribution in [0.3, 0.4) is 0 Å². The van der Waals surface area contributed by atoms with Crippen molar-refractivity contribution in [2.45, 2.75) is 6.54 Å². The molecule has 0 aliphatic carbocycles. The summed E-state index contributed by atoms with van der Waals surface area (Å²) in [5.41, 5.74) is 1.10. The first kappa shape index (κ1) is 7.22. The van der Waals surface area contributed by atoms with Gasteiger partial charge in [-0.05, 0) is 24.7 Å². The first-order valence-electron chi connectivity index (χ1n) is 3.22. The van der Waals surface area contributed by atoms with Crippen LogP contribution in [0.15, 0.2) is 24.3 Å². The Bertz CT molecular complexity index is 193. The van der Waals surface area contributed by atoms with Gasteiger partial charge in [0.2, 0.25) is 0 Å². The predicted molar refractivity (Wildman–Crippen MR) is 39.2 cm³/mol.